The number of piperidine rings is 1. The van der Waals surface area contributed by atoms with Gasteiger partial charge in [-0.15, -0.1) is 0 Å². The Labute approximate surface area is 173 Å². The lowest BCUT2D eigenvalue weighted by Gasteiger charge is -2.36. The molecule has 0 N–H and O–H groups in total. The molecule has 0 unspecified atom stereocenters. The quantitative estimate of drug-likeness (QED) is 0.726. The van der Waals surface area contributed by atoms with Gasteiger partial charge in [-0.05, 0) is 57.3 Å². The first-order valence-electron chi connectivity index (χ1n) is 11.2. The number of hydrogen-bond acceptors (Lipinski definition) is 4. The Morgan fingerprint density at radius 3 is 2.31 bits per heavy atom. The van der Waals surface area contributed by atoms with Crippen LogP contribution in [0.25, 0.3) is 0 Å². The molecule has 0 aromatic rings. The predicted molar refractivity (Wildman–Crippen MR) is 108 cm³/mol. The molecule has 0 radical (unpaired) electrons. The highest BCUT2D eigenvalue weighted by molar-refractivity contribution is 5.93. The van der Waals surface area contributed by atoms with Crippen LogP contribution in [0.2, 0.25) is 0 Å². The van der Waals surface area contributed by atoms with E-state index in [-0.39, 0.29) is 29.2 Å². The SMILES string of the molecule is CCOC(=O)N1CCN(C(=O)[C@@H]2CC23CCN(C(=O)C2=CCCCC2)CC3)CC1. The van der Waals surface area contributed by atoms with Gasteiger partial charge in [-0.3, -0.25) is 9.59 Å². The van der Waals surface area contributed by atoms with Gasteiger partial charge in [0.25, 0.3) is 0 Å². The molecule has 0 aromatic heterocycles. The third kappa shape index (κ3) is 4.14. The number of allylic oxidation sites excluding steroid dienone is 1. The summed E-state index contributed by atoms with van der Waals surface area (Å²) in [5.74, 6) is 0.559. The zero-order valence-electron chi connectivity index (χ0n) is 17.5. The number of ether oxygens (including phenoxy) is 1. The summed E-state index contributed by atoms with van der Waals surface area (Å²) in [7, 11) is 0. The molecule has 1 saturated carbocycles. The zero-order valence-corrected chi connectivity index (χ0v) is 17.5. The number of likely N-dealkylation sites (tertiary alicyclic amines) is 1. The molecule has 4 aliphatic rings. The van der Waals surface area contributed by atoms with Crippen LogP contribution in [0.5, 0.6) is 0 Å². The maximum Gasteiger partial charge on any atom is 0.409 e. The average molecular weight is 404 g/mol. The van der Waals surface area contributed by atoms with E-state index < -0.39 is 0 Å². The zero-order chi connectivity index (χ0) is 20.4. The summed E-state index contributed by atoms with van der Waals surface area (Å²) in [6, 6.07) is 0. The van der Waals surface area contributed by atoms with Crippen LogP contribution in [-0.2, 0) is 14.3 Å². The molecular formula is C22H33N3O4. The Balaban J connectivity index is 1.25. The highest BCUT2D eigenvalue weighted by Gasteiger charge is 2.59. The fourth-order valence-corrected chi connectivity index (χ4v) is 5.18. The number of amides is 3. The van der Waals surface area contributed by atoms with Gasteiger partial charge in [0.2, 0.25) is 11.8 Å². The molecule has 3 amide bonds. The number of carbonyl (C=O) groups excluding carboxylic acids is 3. The predicted octanol–water partition coefficient (Wildman–Crippen LogP) is 2.42. The van der Waals surface area contributed by atoms with E-state index in [1.807, 2.05) is 9.80 Å². The second kappa shape index (κ2) is 8.36. The summed E-state index contributed by atoms with van der Waals surface area (Å²) in [6.45, 7) is 5.98. The summed E-state index contributed by atoms with van der Waals surface area (Å²) < 4.78 is 5.05. The lowest BCUT2D eigenvalue weighted by Crippen LogP contribution is -2.51. The largest absolute Gasteiger partial charge is 0.450 e. The second-order valence-electron chi connectivity index (χ2n) is 8.90. The van der Waals surface area contributed by atoms with Crippen molar-refractivity contribution in [2.75, 3.05) is 45.9 Å². The smallest absolute Gasteiger partial charge is 0.409 e. The van der Waals surface area contributed by atoms with Crippen LogP contribution in [0.1, 0.15) is 51.9 Å². The van der Waals surface area contributed by atoms with E-state index in [0.29, 0.717) is 32.8 Å². The molecule has 0 aromatic carbocycles. The highest BCUT2D eigenvalue weighted by atomic mass is 16.6. The van der Waals surface area contributed by atoms with E-state index in [1.165, 1.54) is 6.42 Å². The van der Waals surface area contributed by atoms with Gasteiger partial charge in [-0.2, -0.15) is 0 Å². The van der Waals surface area contributed by atoms with Crippen molar-refractivity contribution in [2.24, 2.45) is 11.3 Å². The van der Waals surface area contributed by atoms with Gasteiger partial charge in [0.1, 0.15) is 0 Å². The van der Waals surface area contributed by atoms with Gasteiger partial charge in [0, 0.05) is 50.8 Å². The van der Waals surface area contributed by atoms with Gasteiger partial charge in [-0.25, -0.2) is 4.79 Å². The van der Waals surface area contributed by atoms with E-state index in [2.05, 4.69) is 6.08 Å². The molecule has 2 saturated heterocycles. The third-order valence-corrected chi connectivity index (χ3v) is 7.22. The molecule has 29 heavy (non-hydrogen) atoms. The second-order valence-corrected chi connectivity index (χ2v) is 8.90. The van der Waals surface area contributed by atoms with Crippen molar-refractivity contribution in [3.63, 3.8) is 0 Å². The van der Waals surface area contributed by atoms with Crippen molar-refractivity contribution in [3.8, 4) is 0 Å². The summed E-state index contributed by atoms with van der Waals surface area (Å²) in [5.41, 5.74) is 1.10. The molecular weight excluding hydrogens is 370 g/mol. The van der Waals surface area contributed by atoms with Gasteiger partial charge >= 0.3 is 6.09 Å². The van der Waals surface area contributed by atoms with Crippen LogP contribution in [-0.4, -0.2) is 78.5 Å². The Bertz CT molecular complexity index is 688. The maximum atomic E-state index is 13.0. The van der Waals surface area contributed by atoms with E-state index in [4.69, 9.17) is 4.74 Å². The Morgan fingerprint density at radius 2 is 1.69 bits per heavy atom. The van der Waals surface area contributed by atoms with Crippen molar-refractivity contribution >= 4 is 17.9 Å². The van der Waals surface area contributed by atoms with Crippen molar-refractivity contribution in [3.05, 3.63) is 11.6 Å². The fourth-order valence-electron chi connectivity index (χ4n) is 5.18. The average Bonchev–Trinajstić information content (AvgIpc) is 3.47. The summed E-state index contributed by atoms with van der Waals surface area (Å²) in [5, 5.41) is 0. The Morgan fingerprint density at radius 1 is 1.00 bits per heavy atom. The van der Waals surface area contributed by atoms with Gasteiger partial charge in [0.05, 0.1) is 6.61 Å². The monoisotopic (exact) mass is 403 g/mol. The fraction of sp³-hybridized carbons (Fsp3) is 0.773. The number of rotatable bonds is 3. The minimum absolute atomic E-state index is 0.0998. The minimum Gasteiger partial charge on any atom is -0.450 e. The molecule has 7 nitrogen and oxygen atoms in total. The minimum atomic E-state index is -0.285. The van der Waals surface area contributed by atoms with Gasteiger partial charge < -0.3 is 19.4 Å². The standard InChI is InChI=1S/C22H33N3O4/c1-2-29-21(28)25-14-12-24(13-15-25)20(27)18-16-22(18)8-10-23(11-9-22)19(26)17-6-4-3-5-7-17/h6,18H,2-5,7-16H2,1H3/t18-/m0/s1. The van der Waals surface area contributed by atoms with Crippen molar-refractivity contribution in [1.29, 1.82) is 0 Å². The van der Waals surface area contributed by atoms with E-state index in [1.54, 1.807) is 11.8 Å². The number of carbonyl (C=O) groups is 3. The Kier molecular flexibility index (Phi) is 5.83. The van der Waals surface area contributed by atoms with Gasteiger partial charge in [0.15, 0.2) is 0 Å². The van der Waals surface area contributed by atoms with Crippen LogP contribution >= 0.6 is 0 Å². The lowest BCUT2D eigenvalue weighted by molar-refractivity contribution is -0.135. The molecule has 3 fully saturated rings. The molecule has 2 aliphatic carbocycles. The number of nitrogens with zero attached hydrogens (tertiary/aromatic N) is 3. The molecule has 1 atom stereocenters. The van der Waals surface area contributed by atoms with E-state index in [0.717, 1.165) is 57.2 Å². The van der Waals surface area contributed by atoms with Crippen LogP contribution < -0.4 is 0 Å². The molecule has 4 rings (SSSR count). The van der Waals surface area contributed by atoms with Crippen LogP contribution in [0, 0.1) is 11.3 Å². The van der Waals surface area contributed by atoms with Crippen molar-refractivity contribution in [1.82, 2.24) is 14.7 Å². The van der Waals surface area contributed by atoms with E-state index >= 15 is 0 Å². The summed E-state index contributed by atoms with van der Waals surface area (Å²) in [4.78, 5) is 43.1. The molecule has 7 heteroatoms. The summed E-state index contributed by atoms with van der Waals surface area (Å²) in [6.07, 6.45) is 8.92. The van der Waals surface area contributed by atoms with Crippen LogP contribution in [0.15, 0.2) is 11.6 Å². The van der Waals surface area contributed by atoms with Crippen molar-refractivity contribution < 1.29 is 19.1 Å². The first-order valence-corrected chi connectivity index (χ1v) is 11.2. The molecule has 1 spiro atoms. The highest BCUT2D eigenvalue weighted by Crippen LogP contribution is 2.60. The normalized spacial score (nSPS) is 26.2. The lowest BCUT2D eigenvalue weighted by atomic mass is 9.89. The Hall–Kier alpha value is -2.05. The molecule has 160 valence electrons. The number of piperazine rings is 1. The third-order valence-electron chi connectivity index (χ3n) is 7.22. The van der Waals surface area contributed by atoms with Gasteiger partial charge in [-0.1, -0.05) is 6.08 Å². The van der Waals surface area contributed by atoms with Crippen molar-refractivity contribution in [2.45, 2.75) is 51.9 Å². The first kappa shape index (κ1) is 20.2. The topological polar surface area (TPSA) is 70.2 Å². The molecule has 2 heterocycles. The maximum absolute atomic E-state index is 13.0. The molecule has 0 bridgehead atoms. The summed E-state index contributed by atoms with van der Waals surface area (Å²) >= 11 is 0. The first-order chi connectivity index (χ1) is 14.0. The van der Waals surface area contributed by atoms with Crippen LogP contribution in [0.3, 0.4) is 0 Å². The molecule has 2 aliphatic heterocycles. The number of hydrogen-bond donors (Lipinski definition) is 0. The van der Waals surface area contributed by atoms with E-state index in [9.17, 15) is 14.4 Å². The van der Waals surface area contributed by atoms with Crippen LogP contribution in [0.4, 0.5) is 4.79 Å².